The number of ether oxygens (including phenoxy) is 1. The lowest BCUT2D eigenvalue weighted by atomic mass is 10.2. The molecule has 0 fully saturated rings. The van der Waals surface area contributed by atoms with E-state index in [1.165, 1.54) is 4.68 Å². The lowest BCUT2D eigenvalue weighted by Crippen LogP contribution is -2.11. The zero-order chi connectivity index (χ0) is 14.4. The van der Waals surface area contributed by atoms with E-state index in [0.717, 1.165) is 12.0 Å². The number of carboxylic acids is 1. The topological polar surface area (TPSA) is 64.3 Å². The highest BCUT2D eigenvalue weighted by molar-refractivity contribution is 5.85. The van der Waals surface area contributed by atoms with E-state index >= 15 is 0 Å². The molecule has 0 unspecified atom stereocenters. The van der Waals surface area contributed by atoms with E-state index in [2.05, 4.69) is 5.10 Å². The highest BCUT2D eigenvalue weighted by Crippen LogP contribution is 2.06. The van der Waals surface area contributed by atoms with Crippen molar-refractivity contribution in [3.63, 3.8) is 0 Å². The van der Waals surface area contributed by atoms with E-state index < -0.39 is 5.97 Å². The molecule has 1 aromatic carbocycles. The molecule has 20 heavy (non-hydrogen) atoms. The first-order chi connectivity index (χ1) is 9.66. The van der Waals surface area contributed by atoms with Gasteiger partial charge in [0.25, 0.3) is 0 Å². The third-order valence-corrected chi connectivity index (χ3v) is 2.89. The molecule has 0 saturated carbocycles. The van der Waals surface area contributed by atoms with E-state index in [9.17, 15) is 4.79 Å². The second-order valence-corrected chi connectivity index (χ2v) is 4.59. The Bertz CT molecular complexity index is 564. The second-order valence-electron chi connectivity index (χ2n) is 4.59. The van der Waals surface area contributed by atoms with Gasteiger partial charge in [0.15, 0.2) is 0 Å². The number of aromatic nitrogens is 2. The standard InChI is InChI=1S/C15H18N2O3/c1-12-10-14(15(18)19)17(16-12)8-5-9-20-11-13-6-3-2-4-7-13/h2-4,6-7,10H,5,8-9,11H2,1H3,(H,18,19). The van der Waals surface area contributed by atoms with Crippen molar-refractivity contribution in [2.45, 2.75) is 26.5 Å². The number of aromatic carboxylic acids is 1. The van der Waals surface area contributed by atoms with Gasteiger partial charge >= 0.3 is 5.97 Å². The van der Waals surface area contributed by atoms with Gasteiger partial charge in [-0.25, -0.2) is 4.79 Å². The molecular formula is C15H18N2O3. The number of nitrogens with zero attached hydrogens (tertiary/aromatic N) is 2. The first kappa shape index (κ1) is 14.3. The first-order valence-electron chi connectivity index (χ1n) is 6.56. The molecule has 0 aliphatic carbocycles. The molecule has 0 atom stereocenters. The van der Waals surface area contributed by atoms with Gasteiger partial charge in [-0.05, 0) is 25.0 Å². The van der Waals surface area contributed by atoms with Crippen molar-refractivity contribution >= 4 is 5.97 Å². The fourth-order valence-corrected chi connectivity index (χ4v) is 1.97. The van der Waals surface area contributed by atoms with Crippen LogP contribution >= 0.6 is 0 Å². The summed E-state index contributed by atoms with van der Waals surface area (Å²) < 4.78 is 7.08. The summed E-state index contributed by atoms with van der Waals surface area (Å²) in [5.41, 5.74) is 2.08. The summed E-state index contributed by atoms with van der Waals surface area (Å²) in [6.45, 7) is 3.48. The molecule has 0 saturated heterocycles. The van der Waals surface area contributed by atoms with Crippen molar-refractivity contribution in [2.75, 3.05) is 6.61 Å². The van der Waals surface area contributed by atoms with Gasteiger partial charge in [0.2, 0.25) is 0 Å². The minimum absolute atomic E-state index is 0.227. The molecule has 5 nitrogen and oxygen atoms in total. The molecule has 0 aliphatic rings. The summed E-state index contributed by atoms with van der Waals surface area (Å²) >= 11 is 0. The van der Waals surface area contributed by atoms with Crippen molar-refractivity contribution in [1.82, 2.24) is 9.78 Å². The molecule has 0 amide bonds. The van der Waals surface area contributed by atoms with Gasteiger partial charge in [0.1, 0.15) is 5.69 Å². The predicted octanol–water partition coefficient (Wildman–Crippen LogP) is 2.50. The Hall–Kier alpha value is -2.14. The Balaban J connectivity index is 1.75. The van der Waals surface area contributed by atoms with Gasteiger partial charge in [-0.3, -0.25) is 4.68 Å². The van der Waals surface area contributed by atoms with Gasteiger partial charge in [-0.15, -0.1) is 0 Å². The smallest absolute Gasteiger partial charge is 0.354 e. The number of benzene rings is 1. The molecular weight excluding hydrogens is 256 g/mol. The van der Waals surface area contributed by atoms with Crippen LogP contribution in [0.15, 0.2) is 36.4 Å². The molecule has 0 radical (unpaired) electrons. The average molecular weight is 274 g/mol. The van der Waals surface area contributed by atoms with Crippen molar-refractivity contribution in [1.29, 1.82) is 0 Å². The van der Waals surface area contributed by atoms with Crippen molar-refractivity contribution in [2.24, 2.45) is 0 Å². The van der Waals surface area contributed by atoms with E-state index in [1.807, 2.05) is 30.3 Å². The number of carbonyl (C=O) groups is 1. The Morgan fingerprint density at radius 2 is 2.10 bits per heavy atom. The molecule has 5 heteroatoms. The molecule has 0 aliphatic heterocycles. The summed E-state index contributed by atoms with van der Waals surface area (Å²) in [7, 11) is 0. The van der Waals surface area contributed by atoms with E-state index in [4.69, 9.17) is 9.84 Å². The maximum Gasteiger partial charge on any atom is 0.354 e. The van der Waals surface area contributed by atoms with E-state index in [0.29, 0.717) is 25.5 Å². The predicted molar refractivity (Wildman–Crippen MR) is 74.6 cm³/mol. The molecule has 0 spiro atoms. The molecule has 106 valence electrons. The molecule has 2 rings (SSSR count). The Kier molecular flexibility index (Phi) is 4.90. The summed E-state index contributed by atoms with van der Waals surface area (Å²) in [5, 5.41) is 13.2. The van der Waals surface area contributed by atoms with Crippen molar-refractivity contribution in [3.05, 3.63) is 53.3 Å². The van der Waals surface area contributed by atoms with Gasteiger partial charge in [-0.1, -0.05) is 30.3 Å². The molecule has 1 aromatic heterocycles. The van der Waals surface area contributed by atoms with Gasteiger partial charge in [0, 0.05) is 13.2 Å². The lowest BCUT2D eigenvalue weighted by molar-refractivity contribution is 0.0680. The second kappa shape index (κ2) is 6.86. The van der Waals surface area contributed by atoms with Crippen LogP contribution in [-0.2, 0) is 17.9 Å². The first-order valence-corrected chi connectivity index (χ1v) is 6.56. The summed E-state index contributed by atoms with van der Waals surface area (Å²) in [4.78, 5) is 11.0. The van der Waals surface area contributed by atoms with Crippen LogP contribution in [0.25, 0.3) is 0 Å². The molecule has 2 aromatic rings. The number of rotatable bonds is 7. The molecule has 0 bridgehead atoms. The maximum absolute atomic E-state index is 11.0. The third kappa shape index (κ3) is 3.93. The summed E-state index contributed by atoms with van der Waals surface area (Å²) in [6.07, 6.45) is 0.730. The van der Waals surface area contributed by atoms with E-state index in [1.54, 1.807) is 13.0 Å². The number of hydrogen-bond acceptors (Lipinski definition) is 3. The van der Waals surface area contributed by atoms with Crippen LogP contribution in [-0.4, -0.2) is 27.5 Å². The quantitative estimate of drug-likeness (QED) is 0.788. The van der Waals surface area contributed by atoms with Crippen LogP contribution in [0, 0.1) is 6.92 Å². The Morgan fingerprint density at radius 3 is 2.80 bits per heavy atom. The lowest BCUT2D eigenvalue weighted by Gasteiger charge is -2.06. The zero-order valence-corrected chi connectivity index (χ0v) is 11.5. The Labute approximate surface area is 117 Å². The zero-order valence-electron chi connectivity index (χ0n) is 11.5. The fourth-order valence-electron chi connectivity index (χ4n) is 1.97. The van der Waals surface area contributed by atoms with Gasteiger partial charge in [0.05, 0.1) is 12.3 Å². The molecule has 1 heterocycles. The maximum atomic E-state index is 11.0. The summed E-state index contributed by atoms with van der Waals surface area (Å²) in [5.74, 6) is -0.948. The van der Waals surface area contributed by atoms with Crippen molar-refractivity contribution < 1.29 is 14.6 Å². The average Bonchev–Trinajstić information content (AvgIpc) is 2.81. The summed E-state index contributed by atoms with van der Waals surface area (Å²) in [6, 6.07) is 11.5. The molecule has 1 N–H and O–H groups in total. The minimum atomic E-state index is -0.948. The van der Waals surface area contributed by atoms with Gasteiger partial charge in [-0.2, -0.15) is 5.10 Å². The van der Waals surface area contributed by atoms with Crippen LogP contribution in [0.2, 0.25) is 0 Å². The fraction of sp³-hybridized carbons (Fsp3) is 0.333. The number of aryl methyl sites for hydroxylation is 2. The largest absolute Gasteiger partial charge is 0.477 e. The normalized spacial score (nSPS) is 10.7. The van der Waals surface area contributed by atoms with Crippen molar-refractivity contribution in [3.8, 4) is 0 Å². The van der Waals surface area contributed by atoms with Crippen LogP contribution in [0.3, 0.4) is 0 Å². The van der Waals surface area contributed by atoms with Crippen LogP contribution in [0.1, 0.15) is 28.2 Å². The monoisotopic (exact) mass is 274 g/mol. The number of carboxylic acid groups (broad SMARTS) is 1. The van der Waals surface area contributed by atoms with Crippen LogP contribution in [0.4, 0.5) is 0 Å². The SMILES string of the molecule is Cc1cc(C(=O)O)n(CCCOCc2ccccc2)n1. The van der Waals surface area contributed by atoms with Gasteiger partial charge < -0.3 is 9.84 Å². The highest BCUT2D eigenvalue weighted by Gasteiger charge is 2.11. The highest BCUT2D eigenvalue weighted by atomic mass is 16.5. The van der Waals surface area contributed by atoms with Crippen LogP contribution < -0.4 is 0 Å². The van der Waals surface area contributed by atoms with Crippen LogP contribution in [0.5, 0.6) is 0 Å². The van der Waals surface area contributed by atoms with E-state index in [-0.39, 0.29) is 5.69 Å². The minimum Gasteiger partial charge on any atom is -0.477 e. The Morgan fingerprint density at radius 1 is 1.35 bits per heavy atom. The number of hydrogen-bond donors (Lipinski definition) is 1. The third-order valence-electron chi connectivity index (χ3n) is 2.89.